The van der Waals surface area contributed by atoms with Gasteiger partial charge in [0.2, 0.25) is 0 Å². The summed E-state index contributed by atoms with van der Waals surface area (Å²) in [4.78, 5) is 5.91. The Kier molecular flexibility index (Phi) is 3.72. The first-order chi connectivity index (χ1) is 11.4. The topological polar surface area (TPSA) is 17.8 Å². The largest absolute Gasteiger partial charge is 0.293 e. The third kappa shape index (κ3) is 2.37. The number of para-hydroxylation sites is 1. The van der Waals surface area contributed by atoms with Gasteiger partial charge < -0.3 is 0 Å². The molecule has 0 aliphatic carbocycles. The summed E-state index contributed by atoms with van der Waals surface area (Å²) in [6, 6.07) is 19.1. The van der Waals surface area contributed by atoms with Crippen LogP contribution in [-0.4, -0.2) is 9.55 Å². The fourth-order valence-corrected chi connectivity index (χ4v) is 3.99. The Morgan fingerprint density at radius 3 is 2.61 bits per heavy atom. The normalized spacial score (nSPS) is 11.2. The van der Waals surface area contributed by atoms with E-state index in [1.54, 1.807) is 11.3 Å². The van der Waals surface area contributed by atoms with Crippen molar-refractivity contribution in [3.8, 4) is 16.4 Å². The molecule has 3 aromatic heterocycles. The maximum Gasteiger partial charge on any atom is 0.137 e. The second-order valence-electron chi connectivity index (χ2n) is 5.59. The van der Waals surface area contributed by atoms with Crippen molar-refractivity contribution in [1.82, 2.24) is 9.55 Å². The van der Waals surface area contributed by atoms with Gasteiger partial charge in [0.25, 0.3) is 0 Å². The van der Waals surface area contributed by atoms with Gasteiger partial charge in [-0.2, -0.15) is 0 Å². The molecule has 4 rings (SSSR count). The molecular formula is C20H18N2S. The van der Waals surface area contributed by atoms with Crippen LogP contribution in [0.3, 0.4) is 0 Å². The molecule has 0 atom stereocenters. The highest BCUT2D eigenvalue weighted by atomic mass is 32.1. The van der Waals surface area contributed by atoms with Crippen molar-refractivity contribution in [2.75, 3.05) is 0 Å². The van der Waals surface area contributed by atoms with Gasteiger partial charge in [0.05, 0.1) is 16.1 Å². The van der Waals surface area contributed by atoms with Crippen LogP contribution < -0.4 is 0 Å². The van der Waals surface area contributed by atoms with E-state index in [-0.39, 0.29) is 0 Å². The third-order valence-electron chi connectivity index (χ3n) is 4.11. The fourth-order valence-electron chi connectivity index (χ4n) is 3.21. The van der Waals surface area contributed by atoms with Crippen LogP contribution in [0.1, 0.15) is 18.9 Å². The molecule has 0 aliphatic heterocycles. The molecule has 0 radical (unpaired) electrons. The van der Waals surface area contributed by atoms with E-state index in [1.807, 2.05) is 12.3 Å². The van der Waals surface area contributed by atoms with Gasteiger partial charge in [0.1, 0.15) is 5.82 Å². The van der Waals surface area contributed by atoms with Crippen LogP contribution >= 0.6 is 11.3 Å². The second-order valence-corrected chi connectivity index (χ2v) is 6.54. The summed E-state index contributed by atoms with van der Waals surface area (Å²) in [5.41, 5.74) is 3.95. The monoisotopic (exact) mass is 318 g/mol. The van der Waals surface area contributed by atoms with Gasteiger partial charge in [-0.25, -0.2) is 4.98 Å². The van der Waals surface area contributed by atoms with Gasteiger partial charge in [-0.3, -0.25) is 4.57 Å². The number of thiophene rings is 1. The van der Waals surface area contributed by atoms with E-state index >= 15 is 0 Å². The van der Waals surface area contributed by atoms with Gasteiger partial charge in [-0.05, 0) is 41.6 Å². The highest BCUT2D eigenvalue weighted by Gasteiger charge is 2.19. The standard InChI is InChI=1S/C20H18N2S/c1-2-8-16-15-9-3-4-10-17(15)22(19-12-5-6-13-21-19)20(16)18-11-7-14-23-18/h3-7,9-14H,2,8H2,1H3. The molecule has 1 aromatic carbocycles. The lowest BCUT2D eigenvalue weighted by atomic mass is 10.1. The minimum absolute atomic E-state index is 0.981. The molecule has 0 saturated carbocycles. The molecule has 0 saturated heterocycles. The quantitative estimate of drug-likeness (QED) is 0.471. The number of fused-ring (bicyclic) bond motifs is 1. The predicted octanol–water partition coefficient (Wildman–Crippen LogP) is 5.71. The minimum atomic E-state index is 0.981. The lowest BCUT2D eigenvalue weighted by Gasteiger charge is -2.10. The van der Waals surface area contributed by atoms with E-state index in [0.29, 0.717) is 0 Å². The van der Waals surface area contributed by atoms with E-state index in [0.717, 1.165) is 18.7 Å². The molecule has 0 spiro atoms. The summed E-state index contributed by atoms with van der Waals surface area (Å²) in [6.07, 6.45) is 4.07. The highest BCUT2D eigenvalue weighted by Crippen LogP contribution is 2.38. The van der Waals surface area contributed by atoms with Crippen LogP contribution in [0.15, 0.2) is 66.2 Å². The summed E-state index contributed by atoms with van der Waals surface area (Å²) in [6.45, 7) is 2.24. The van der Waals surface area contributed by atoms with Crippen molar-refractivity contribution >= 4 is 22.2 Å². The molecule has 0 fully saturated rings. The Hall–Kier alpha value is -2.39. The summed E-state index contributed by atoms with van der Waals surface area (Å²) in [7, 11) is 0. The van der Waals surface area contributed by atoms with E-state index in [1.165, 1.54) is 27.0 Å². The molecule has 0 N–H and O–H groups in total. The molecule has 23 heavy (non-hydrogen) atoms. The Bertz CT molecular complexity index is 921. The number of aromatic nitrogens is 2. The van der Waals surface area contributed by atoms with Crippen LogP contribution in [-0.2, 0) is 6.42 Å². The van der Waals surface area contributed by atoms with Gasteiger partial charge in [-0.15, -0.1) is 11.3 Å². The summed E-state index contributed by atoms with van der Waals surface area (Å²) in [5.74, 6) is 0.981. The highest BCUT2D eigenvalue weighted by molar-refractivity contribution is 7.13. The molecule has 0 unspecified atom stereocenters. The maximum atomic E-state index is 4.61. The van der Waals surface area contributed by atoms with E-state index in [4.69, 9.17) is 0 Å². The average molecular weight is 318 g/mol. The number of aryl methyl sites for hydroxylation is 1. The molecule has 3 heterocycles. The Morgan fingerprint density at radius 1 is 1.00 bits per heavy atom. The van der Waals surface area contributed by atoms with Crippen LogP contribution in [0.25, 0.3) is 27.3 Å². The van der Waals surface area contributed by atoms with E-state index in [2.05, 4.69) is 70.4 Å². The van der Waals surface area contributed by atoms with Gasteiger partial charge in [0.15, 0.2) is 0 Å². The number of hydrogen-bond acceptors (Lipinski definition) is 2. The Morgan fingerprint density at radius 2 is 1.87 bits per heavy atom. The number of rotatable bonds is 4. The molecular weight excluding hydrogens is 300 g/mol. The predicted molar refractivity (Wildman–Crippen MR) is 98.4 cm³/mol. The Balaban J connectivity index is 2.13. The van der Waals surface area contributed by atoms with Crippen molar-refractivity contribution in [3.63, 3.8) is 0 Å². The minimum Gasteiger partial charge on any atom is -0.293 e. The van der Waals surface area contributed by atoms with Crippen molar-refractivity contribution in [2.24, 2.45) is 0 Å². The average Bonchev–Trinajstić information content (AvgIpc) is 3.22. The molecule has 114 valence electrons. The van der Waals surface area contributed by atoms with Gasteiger partial charge in [-0.1, -0.05) is 43.7 Å². The van der Waals surface area contributed by atoms with Crippen molar-refractivity contribution < 1.29 is 0 Å². The number of pyridine rings is 1. The zero-order valence-corrected chi connectivity index (χ0v) is 13.9. The van der Waals surface area contributed by atoms with Crippen molar-refractivity contribution in [1.29, 1.82) is 0 Å². The van der Waals surface area contributed by atoms with Crippen molar-refractivity contribution in [3.05, 3.63) is 71.7 Å². The Labute approximate surface area is 140 Å². The molecule has 2 nitrogen and oxygen atoms in total. The van der Waals surface area contributed by atoms with Gasteiger partial charge >= 0.3 is 0 Å². The van der Waals surface area contributed by atoms with E-state index in [9.17, 15) is 0 Å². The fraction of sp³-hybridized carbons (Fsp3) is 0.150. The maximum absolute atomic E-state index is 4.61. The SMILES string of the molecule is CCCc1c(-c2cccs2)n(-c2ccccn2)c2ccccc12. The molecule has 0 aliphatic rings. The number of nitrogens with zero attached hydrogens (tertiary/aromatic N) is 2. The smallest absolute Gasteiger partial charge is 0.137 e. The molecule has 3 heteroatoms. The first-order valence-electron chi connectivity index (χ1n) is 7.97. The second kappa shape index (κ2) is 6.01. The zero-order valence-electron chi connectivity index (χ0n) is 13.1. The van der Waals surface area contributed by atoms with Crippen molar-refractivity contribution in [2.45, 2.75) is 19.8 Å². The molecule has 4 aromatic rings. The van der Waals surface area contributed by atoms with Crippen LogP contribution in [0.2, 0.25) is 0 Å². The van der Waals surface area contributed by atoms with E-state index < -0.39 is 0 Å². The lowest BCUT2D eigenvalue weighted by Crippen LogP contribution is -1.99. The third-order valence-corrected chi connectivity index (χ3v) is 4.99. The van der Waals surface area contributed by atoms with Crippen LogP contribution in [0.5, 0.6) is 0 Å². The van der Waals surface area contributed by atoms with Crippen LogP contribution in [0.4, 0.5) is 0 Å². The summed E-state index contributed by atoms with van der Waals surface area (Å²) >= 11 is 1.79. The van der Waals surface area contributed by atoms with Crippen LogP contribution in [0, 0.1) is 0 Å². The first kappa shape index (κ1) is 14.2. The number of benzene rings is 1. The molecule has 0 bridgehead atoms. The zero-order chi connectivity index (χ0) is 15.6. The summed E-state index contributed by atoms with van der Waals surface area (Å²) in [5, 5.41) is 3.48. The first-order valence-corrected chi connectivity index (χ1v) is 8.85. The van der Waals surface area contributed by atoms with Gasteiger partial charge in [0, 0.05) is 11.6 Å². The molecule has 0 amide bonds. The lowest BCUT2D eigenvalue weighted by molar-refractivity contribution is 0.923. The number of hydrogen-bond donors (Lipinski definition) is 0. The summed E-state index contributed by atoms with van der Waals surface area (Å²) < 4.78 is 2.31.